The van der Waals surface area contributed by atoms with Crippen LogP contribution in [0.5, 0.6) is 0 Å². The van der Waals surface area contributed by atoms with Gasteiger partial charge in [0.2, 0.25) is 0 Å². The molecule has 1 nitrogen and oxygen atoms in total. The summed E-state index contributed by atoms with van der Waals surface area (Å²) >= 11 is 3.73. The zero-order valence-electron chi connectivity index (χ0n) is 29.2. The lowest BCUT2D eigenvalue weighted by Crippen LogP contribution is -1.89. The number of hydrogen-bond donors (Lipinski definition) is 0. The lowest BCUT2D eigenvalue weighted by atomic mass is 9.87. The van der Waals surface area contributed by atoms with E-state index in [0.717, 1.165) is 27.5 Å². The van der Waals surface area contributed by atoms with Gasteiger partial charge in [0.05, 0.1) is 0 Å². The Kier molecular flexibility index (Phi) is 6.79. The van der Waals surface area contributed by atoms with Gasteiger partial charge in [-0.2, -0.15) is 0 Å². The number of furan rings is 1. The molecule has 3 heterocycles. The molecule has 0 spiro atoms. The van der Waals surface area contributed by atoms with Crippen molar-refractivity contribution in [1.82, 2.24) is 0 Å². The van der Waals surface area contributed by atoms with Crippen LogP contribution in [0.2, 0.25) is 0 Å². The maximum Gasteiger partial charge on any atom is 0.136 e. The number of rotatable bonds is 4. The Bertz CT molecular complexity index is 3150. The molecule has 3 heteroatoms. The van der Waals surface area contributed by atoms with Gasteiger partial charge in [0.1, 0.15) is 11.2 Å². The summed E-state index contributed by atoms with van der Waals surface area (Å²) in [6.07, 6.45) is 0. The first-order chi connectivity index (χ1) is 26.1. The lowest BCUT2D eigenvalue weighted by Gasteiger charge is -2.17. The van der Waals surface area contributed by atoms with Gasteiger partial charge in [0.15, 0.2) is 0 Å². The van der Waals surface area contributed by atoms with Crippen LogP contribution in [0.3, 0.4) is 0 Å². The van der Waals surface area contributed by atoms with E-state index in [9.17, 15) is 0 Å². The van der Waals surface area contributed by atoms with E-state index >= 15 is 0 Å². The molecule has 0 radical (unpaired) electrons. The molecule has 0 N–H and O–H groups in total. The lowest BCUT2D eigenvalue weighted by molar-refractivity contribution is 0.669. The molecule has 53 heavy (non-hydrogen) atoms. The molecule has 0 saturated heterocycles. The van der Waals surface area contributed by atoms with Crippen LogP contribution in [0.15, 0.2) is 162 Å². The molecule has 0 aliphatic carbocycles. The molecule has 11 rings (SSSR count). The van der Waals surface area contributed by atoms with Gasteiger partial charge in [-0.1, -0.05) is 109 Å². The molecule has 3 aromatic heterocycles. The van der Waals surface area contributed by atoms with Crippen molar-refractivity contribution in [3.8, 4) is 43.1 Å². The molecule has 11 aromatic rings. The van der Waals surface area contributed by atoms with Gasteiger partial charge in [-0.05, 0) is 128 Å². The van der Waals surface area contributed by atoms with Crippen LogP contribution in [0.4, 0.5) is 0 Å². The van der Waals surface area contributed by atoms with Gasteiger partial charge < -0.3 is 4.42 Å². The first-order valence-corrected chi connectivity index (χ1v) is 19.7. The molecular formula is C50H32OS2. The summed E-state index contributed by atoms with van der Waals surface area (Å²) in [6, 6.07) is 58.1. The maximum absolute atomic E-state index is 6.68. The summed E-state index contributed by atoms with van der Waals surface area (Å²) in [4.78, 5) is 5.26. The second-order valence-corrected chi connectivity index (χ2v) is 16.6. The number of benzene rings is 8. The summed E-state index contributed by atoms with van der Waals surface area (Å²) < 4.78 is 6.68. The van der Waals surface area contributed by atoms with E-state index in [1.165, 1.54) is 90.4 Å². The topological polar surface area (TPSA) is 13.1 Å². The molecule has 0 amide bonds. The Hall–Kier alpha value is -6.00. The second-order valence-electron chi connectivity index (χ2n) is 14.0. The van der Waals surface area contributed by atoms with E-state index in [2.05, 4.69) is 172 Å². The minimum Gasteiger partial charge on any atom is -0.456 e. The highest BCUT2D eigenvalue weighted by atomic mass is 32.1. The van der Waals surface area contributed by atoms with Crippen molar-refractivity contribution in [3.05, 3.63) is 167 Å². The van der Waals surface area contributed by atoms with Crippen molar-refractivity contribution in [2.45, 2.75) is 13.8 Å². The van der Waals surface area contributed by atoms with Crippen molar-refractivity contribution in [2.24, 2.45) is 0 Å². The van der Waals surface area contributed by atoms with Crippen LogP contribution < -0.4 is 0 Å². The van der Waals surface area contributed by atoms with Gasteiger partial charge in [-0.3, -0.25) is 0 Å². The van der Waals surface area contributed by atoms with E-state index in [0.29, 0.717) is 0 Å². The van der Waals surface area contributed by atoms with Crippen molar-refractivity contribution in [2.75, 3.05) is 0 Å². The van der Waals surface area contributed by atoms with Crippen molar-refractivity contribution in [1.29, 1.82) is 0 Å². The smallest absolute Gasteiger partial charge is 0.136 e. The fourth-order valence-electron chi connectivity index (χ4n) is 8.64. The fraction of sp³-hybridized carbons (Fsp3) is 0.0400. The Balaban J connectivity index is 1.12. The number of aryl methyl sites for hydroxylation is 2. The van der Waals surface area contributed by atoms with E-state index < -0.39 is 0 Å². The van der Waals surface area contributed by atoms with Gasteiger partial charge in [0.25, 0.3) is 0 Å². The molecule has 0 aliphatic rings. The molecular weight excluding hydrogens is 681 g/mol. The largest absolute Gasteiger partial charge is 0.456 e. The normalized spacial score (nSPS) is 12.0. The molecule has 0 atom stereocenters. The minimum absolute atomic E-state index is 0.901. The Morgan fingerprint density at radius 1 is 0.321 bits per heavy atom. The summed E-state index contributed by atoms with van der Waals surface area (Å²) in [6.45, 7) is 4.37. The summed E-state index contributed by atoms with van der Waals surface area (Å²) in [5.41, 5.74) is 9.30. The monoisotopic (exact) mass is 712 g/mol. The molecule has 250 valence electrons. The number of hydrogen-bond acceptors (Lipinski definition) is 3. The van der Waals surface area contributed by atoms with Crippen molar-refractivity contribution < 1.29 is 4.42 Å². The van der Waals surface area contributed by atoms with Crippen molar-refractivity contribution >= 4 is 87.7 Å². The Labute approximate surface area is 315 Å². The minimum atomic E-state index is 0.901. The van der Waals surface area contributed by atoms with Gasteiger partial charge >= 0.3 is 0 Å². The zero-order valence-corrected chi connectivity index (χ0v) is 30.9. The quantitative estimate of drug-likeness (QED) is 0.166. The van der Waals surface area contributed by atoms with Crippen LogP contribution in [0, 0.1) is 13.8 Å². The molecule has 0 fully saturated rings. The van der Waals surface area contributed by atoms with Gasteiger partial charge in [-0.25, -0.2) is 0 Å². The zero-order chi connectivity index (χ0) is 35.2. The third kappa shape index (κ3) is 4.68. The highest BCUT2D eigenvalue weighted by molar-refractivity contribution is 7.16. The second kappa shape index (κ2) is 11.8. The molecule has 0 saturated carbocycles. The van der Waals surface area contributed by atoms with Gasteiger partial charge in [-0.15, -0.1) is 22.7 Å². The highest BCUT2D eigenvalue weighted by Crippen LogP contribution is 2.48. The molecule has 0 unspecified atom stereocenters. The molecule has 0 bridgehead atoms. The number of fused-ring (bicyclic) bond motifs is 7. The van der Waals surface area contributed by atoms with Crippen molar-refractivity contribution in [3.63, 3.8) is 0 Å². The third-order valence-corrected chi connectivity index (χ3v) is 12.9. The first-order valence-electron chi connectivity index (χ1n) is 18.1. The van der Waals surface area contributed by atoms with Gasteiger partial charge in [0, 0.05) is 41.4 Å². The van der Waals surface area contributed by atoms with E-state index in [4.69, 9.17) is 4.42 Å². The van der Waals surface area contributed by atoms with E-state index in [1.54, 1.807) is 0 Å². The van der Waals surface area contributed by atoms with E-state index in [-0.39, 0.29) is 0 Å². The Morgan fingerprint density at radius 3 is 1.13 bits per heavy atom. The summed E-state index contributed by atoms with van der Waals surface area (Å²) in [5, 5.41) is 12.4. The number of thiophene rings is 2. The summed E-state index contributed by atoms with van der Waals surface area (Å²) in [7, 11) is 0. The third-order valence-electron chi connectivity index (χ3n) is 10.9. The summed E-state index contributed by atoms with van der Waals surface area (Å²) in [5.74, 6) is 0. The van der Waals surface area contributed by atoms with Crippen LogP contribution in [-0.4, -0.2) is 0 Å². The predicted molar refractivity (Wildman–Crippen MR) is 231 cm³/mol. The predicted octanol–water partition coefficient (Wildman–Crippen LogP) is 15.6. The maximum atomic E-state index is 6.68. The average molecular weight is 713 g/mol. The molecule has 0 aliphatic heterocycles. The SMILES string of the molecule is Cc1ccc(-c2c3ccccc3c(-c3ccc4c(c3)oc3ccc(-c5c6ccccc6c(-c6ccc(C)s6)c6ccccc56)cc34)c3ccccc23)s1. The standard InChI is InChI=1S/C50H32OS2/c1-29-19-25-45(52-29)49-38-15-7-3-11-34(38)47(35-12-4-8-16-39(35)49)31-22-24-43-42(27-31)33-23-21-32(28-44(33)51-43)48-36-13-5-9-17-40(36)50(46-26-20-30(2)53-46)41-18-10-6-14-37(41)48/h3-28H,1-2H3. The fourth-order valence-corrected chi connectivity index (χ4v) is 10.5. The molecule has 8 aromatic carbocycles. The first kappa shape index (κ1) is 30.6. The average Bonchev–Trinajstić information content (AvgIpc) is 3.93. The van der Waals surface area contributed by atoms with Crippen LogP contribution in [0.1, 0.15) is 9.75 Å². The Morgan fingerprint density at radius 2 is 0.717 bits per heavy atom. The van der Waals surface area contributed by atoms with E-state index in [1.807, 2.05) is 22.7 Å². The van der Waals surface area contributed by atoms with Crippen LogP contribution >= 0.6 is 22.7 Å². The van der Waals surface area contributed by atoms with Crippen LogP contribution in [-0.2, 0) is 0 Å². The van der Waals surface area contributed by atoms with Crippen LogP contribution in [0.25, 0.3) is 108 Å². The highest BCUT2D eigenvalue weighted by Gasteiger charge is 2.21.